The standard InChI is InChI=1S/C14H14ClFN2/c15-13-5-3-6-14(16)12(13)10-17-9-7-11-4-1-2-8-18-11/h1-6,8,17H,7,9-10H2. The molecule has 4 heteroatoms. The summed E-state index contributed by atoms with van der Waals surface area (Å²) in [5, 5.41) is 3.63. The van der Waals surface area contributed by atoms with E-state index in [2.05, 4.69) is 10.3 Å². The van der Waals surface area contributed by atoms with Crippen molar-refractivity contribution in [1.82, 2.24) is 10.3 Å². The van der Waals surface area contributed by atoms with Gasteiger partial charge in [-0.05, 0) is 24.3 Å². The van der Waals surface area contributed by atoms with Gasteiger partial charge in [-0.2, -0.15) is 0 Å². The first-order chi connectivity index (χ1) is 8.77. The normalized spacial score (nSPS) is 10.6. The first-order valence-electron chi connectivity index (χ1n) is 5.81. The Labute approximate surface area is 111 Å². The van der Waals surface area contributed by atoms with Crippen LogP contribution in [0.2, 0.25) is 5.02 Å². The highest BCUT2D eigenvalue weighted by Gasteiger charge is 2.05. The summed E-state index contributed by atoms with van der Waals surface area (Å²) in [4.78, 5) is 4.22. The Bertz CT molecular complexity index is 482. The molecule has 0 amide bonds. The molecule has 0 fully saturated rings. The molecule has 0 aliphatic heterocycles. The smallest absolute Gasteiger partial charge is 0.129 e. The van der Waals surface area contributed by atoms with E-state index in [9.17, 15) is 4.39 Å². The molecule has 0 unspecified atom stereocenters. The Morgan fingerprint density at radius 1 is 1.17 bits per heavy atom. The van der Waals surface area contributed by atoms with E-state index < -0.39 is 0 Å². The van der Waals surface area contributed by atoms with Crippen LogP contribution < -0.4 is 5.32 Å². The molecule has 1 heterocycles. The lowest BCUT2D eigenvalue weighted by Gasteiger charge is -2.07. The molecule has 2 nitrogen and oxygen atoms in total. The van der Waals surface area contributed by atoms with E-state index in [-0.39, 0.29) is 5.82 Å². The number of hydrogen-bond acceptors (Lipinski definition) is 2. The maximum absolute atomic E-state index is 13.5. The summed E-state index contributed by atoms with van der Waals surface area (Å²) in [6.07, 6.45) is 2.58. The van der Waals surface area contributed by atoms with Gasteiger partial charge in [0.15, 0.2) is 0 Å². The van der Waals surface area contributed by atoms with Crippen molar-refractivity contribution in [2.24, 2.45) is 0 Å². The van der Waals surface area contributed by atoms with Gasteiger partial charge < -0.3 is 5.32 Å². The summed E-state index contributed by atoms with van der Waals surface area (Å²) in [7, 11) is 0. The molecule has 0 aliphatic carbocycles. The summed E-state index contributed by atoms with van der Waals surface area (Å²) in [6.45, 7) is 1.17. The second-order valence-electron chi connectivity index (χ2n) is 3.95. The second kappa shape index (κ2) is 6.47. The third-order valence-electron chi connectivity index (χ3n) is 2.65. The van der Waals surface area contributed by atoms with Crippen LogP contribution in [-0.4, -0.2) is 11.5 Å². The molecule has 0 saturated carbocycles. The fourth-order valence-corrected chi connectivity index (χ4v) is 1.91. The van der Waals surface area contributed by atoms with Crippen molar-refractivity contribution in [3.8, 4) is 0 Å². The number of benzene rings is 1. The zero-order valence-electron chi connectivity index (χ0n) is 9.87. The van der Waals surface area contributed by atoms with E-state index in [1.165, 1.54) is 6.07 Å². The lowest BCUT2D eigenvalue weighted by molar-refractivity contribution is 0.587. The Hall–Kier alpha value is -1.45. The van der Waals surface area contributed by atoms with E-state index in [0.29, 0.717) is 17.1 Å². The summed E-state index contributed by atoms with van der Waals surface area (Å²) >= 11 is 5.93. The highest BCUT2D eigenvalue weighted by molar-refractivity contribution is 6.31. The highest BCUT2D eigenvalue weighted by Crippen LogP contribution is 2.18. The van der Waals surface area contributed by atoms with Crippen molar-refractivity contribution >= 4 is 11.6 Å². The lowest BCUT2D eigenvalue weighted by atomic mass is 10.2. The van der Waals surface area contributed by atoms with Gasteiger partial charge in [-0.3, -0.25) is 4.98 Å². The zero-order valence-corrected chi connectivity index (χ0v) is 10.6. The number of nitrogens with zero attached hydrogens (tertiary/aromatic N) is 1. The quantitative estimate of drug-likeness (QED) is 0.839. The van der Waals surface area contributed by atoms with Crippen LogP contribution >= 0.6 is 11.6 Å². The molecule has 1 N–H and O–H groups in total. The topological polar surface area (TPSA) is 24.9 Å². The van der Waals surface area contributed by atoms with E-state index in [1.807, 2.05) is 18.2 Å². The molecule has 2 aromatic rings. The van der Waals surface area contributed by atoms with Gasteiger partial charge in [0.2, 0.25) is 0 Å². The molecule has 2 rings (SSSR count). The van der Waals surface area contributed by atoms with Gasteiger partial charge in [0.25, 0.3) is 0 Å². The van der Waals surface area contributed by atoms with Crippen molar-refractivity contribution in [1.29, 1.82) is 0 Å². The molecule has 0 aliphatic rings. The van der Waals surface area contributed by atoms with Crippen LogP contribution in [0.15, 0.2) is 42.6 Å². The number of pyridine rings is 1. The molecule has 0 atom stereocenters. The van der Waals surface area contributed by atoms with E-state index in [4.69, 9.17) is 11.6 Å². The molecule has 1 aromatic heterocycles. The minimum absolute atomic E-state index is 0.271. The van der Waals surface area contributed by atoms with Crippen LogP contribution in [0.4, 0.5) is 4.39 Å². The van der Waals surface area contributed by atoms with Gasteiger partial charge in [0, 0.05) is 42.0 Å². The number of nitrogens with one attached hydrogen (secondary N) is 1. The first kappa shape index (κ1) is 13.0. The Morgan fingerprint density at radius 2 is 2.06 bits per heavy atom. The van der Waals surface area contributed by atoms with Gasteiger partial charge >= 0.3 is 0 Å². The van der Waals surface area contributed by atoms with Gasteiger partial charge in [-0.15, -0.1) is 0 Å². The summed E-state index contributed by atoms with van der Waals surface area (Å²) in [5.74, 6) is -0.271. The minimum Gasteiger partial charge on any atom is -0.312 e. The second-order valence-corrected chi connectivity index (χ2v) is 4.36. The van der Waals surface area contributed by atoms with Crippen LogP contribution in [0, 0.1) is 5.82 Å². The Morgan fingerprint density at radius 3 is 2.78 bits per heavy atom. The van der Waals surface area contributed by atoms with Crippen molar-refractivity contribution < 1.29 is 4.39 Å². The van der Waals surface area contributed by atoms with Gasteiger partial charge in [-0.1, -0.05) is 23.7 Å². The third-order valence-corrected chi connectivity index (χ3v) is 3.00. The van der Waals surface area contributed by atoms with Crippen LogP contribution in [0.3, 0.4) is 0 Å². The molecule has 1 aromatic carbocycles. The monoisotopic (exact) mass is 264 g/mol. The van der Waals surface area contributed by atoms with Gasteiger partial charge in [0.1, 0.15) is 5.82 Å². The fourth-order valence-electron chi connectivity index (χ4n) is 1.68. The highest BCUT2D eigenvalue weighted by atomic mass is 35.5. The van der Waals surface area contributed by atoms with Crippen molar-refractivity contribution in [3.63, 3.8) is 0 Å². The molecular weight excluding hydrogens is 251 g/mol. The van der Waals surface area contributed by atoms with E-state index >= 15 is 0 Å². The molecule has 0 spiro atoms. The lowest BCUT2D eigenvalue weighted by Crippen LogP contribution is -2.18. The SMILES string of the molecule is Fc1cccc(Cl)c1CNCCc1ccccn1. The predicted octanol–water partition coefficient (Wildman–Crippen LogP) is 3.21. The molecular formula is C14H14ClFN2. The van der Waals surface area contributed by atoms with Crippen LogP contribution in [-0.2, 0) is 13.0 Å². The summed E-state index contributed by atoms with van der Waals surface area (Å²) in [6, 6.07) is 10.5. The average Bonchev–Trinajstić information content (AvgIpc) is 2.38. The maximum Gasteiger partial charge on any atom is 0.129 e. The largest absolute Gasteiger partial charge is 0.312 e. The van der Waals surface area contributed by atoms with Gasteiger partial charge in [0.05, 0.1) is 0 Å². The fraction of sp³-hybridized carbons (Fsp3) is 0.214. The molecule has 0 bridgehead atoms. The third kappa shape index (κ3) is 3.52. The Kier molecular flexibility index (Phi) is 4.67. The predicted molar refractivity (Wildman–Crippen MR) is 71.1 cm³/mol. The number of hydrogen-bond donors (Lipinski definition) is 1. The maximum atomic E-state index is 13.5. The summed E-state index contributed by atoms with van der Waals surface area (Å²) < 4.78 is 13.5. The molecule has 0 radical (unpaired) electrons. The van der Waals surface area contributed by atoms with Crippen molar-refractivity contribution in [2.75, 3.05) is 6.54 Å². The van der Waals surface area contributed by atoms with Crippen molar-refractivity contribution in [2.45, 2.75) is 13.0 Å². The van der Waals surface area contributed by atoms with Crippen LogP contribution in [0.5, 0.6) is 0 Å². The first-order valence-corrected chi connectivity index (χ1v) is 6.18. The Balaban J connectivity index is 1.82. The molecule has 94 valence electrons. The summed E-state index contributed by atoms with van der Waals surface area (Å²) in [5.41, 5.74) is 1.53. The number of aromatic nitrogens is 1. The minimum atomic E-state index is -0.271. The van der Waals surface area contributed by atoms with Gasteiger partial charge in [-0.25, -0.2) is 4.39 Å². The number of rotatable bonds is 5. The average molecular weight is 265 g/mol. The molecule has 0 saturated heterocycles. The zero-order chi connectivity index (χ0) is 12.8. The number of halogens is 2. The van der Waals surface area contributed by atoms with E-state index in [1.54, 1.807) is 18.3 Å². The van der Waals surface area contributed by atoms with Crippen molar-refractivity contribution in [3.05, 3.63) is 64.7 Å². The van der Waals surface area contributed by atoms with E-state index in [0.717, 1.165) is 18.7 Å². The molecule has 18 heavy (non-hydrogen) atoms. The van der Waals surface area contributed by atoms with Crippen LogP contribution in [0.1, 0.15) is 11.3 Å². The van der Waals surface area contributed by atoms with Crippen LogP contribution in [0.25, 0.3) is 0 Å².